The number of carbonyl (C=O) groups excluding carboxylic acids is 1. The molecular weight excluding hydrogens is 312 g/mol. The molecule has 0 fully saturated rings. The Labute approximate surface area is 143 Å². The van der Waals surface area contributed by atoms with Crippen molar-refractivity contribution in [2.45, 2.75) is 32.4 Å². The zero-order valence-electron chi connectivity index (χ0n) is 13.3. The van der Waals surface area contributed by atoms with Crippen LogP contribution in [0.4, 0.5) is 5.69 Å². The first kappa shape index (κ1) is 19.0. The van der Waals surface area contributed by atoms with Gasteiger partial charge >= 0.3 is 0 Å². The number of hydrogen-bond acceptors (Lipinski definition) is 3. The minimum atomic E-state index is -0.599. The number of hydrogen-bond donors (Lipinski definition) is 3. The highest BCUT2D eigenvalue weighted by atomic mass is 35.5. The molecule has 0 aliphatic rings. The molecule has 0 aliphatic carbocycles. The highest BCUT2D eigenvalue weighted by Gasteiger charge is 2.16. The Morgan fingerprint density at radius 2 is 1.87 bits per heavy atom. The number of aliphatic hydroxyl groups is 1. The lowest BCUT2D eigenvalue weighted by Gasteiger charge is -2.19. The van der Waals surface area contributed by atoms with Crippen LogP contribution in [0.2, 0.25) is 0 Å². The molecule has 0 saturated carbocycles. The number of nitrogens with one attached hydrogen (secondary N) is 1. The maximum atomic E-state index is 12.3. The number of aryl methyl sites for hydroxylation is 1. The van der Waals surface area contributed by atoms with Crippen molar-refractivity contribution in [3.05, 3.63) is 65.2 Å². The summed E-state index contributed by atoms with van der Waals surface area (Å²) < 4.78 is 0. The first-order valence-electron chi connectivity index (χ1n) is 7.37. The maximum Gasteiger partial charge on any atom is 0.251 e. The van der Waals surface area contributed by atoms with E-state index in [1.54, 1.807) is 12.1 Å². The summed E-state index contributed by atoms with van der Waals surface area (Å²) in [5, 5.41) is 13.1. The van der Waals surface area contributed by atoms with E-state index in [1.807, 2.05) is 50.2 Å². The number of aliphatic hydroxyl groups excluding tert-OH is 1. The van der Waals surface area contributed by atoms with Crippen LogP contribution < -0.4 is 11.1 Å². The van der Waals surface area contributed by atoms with E-state index in [0.717, 1.165) is 11.1 Å². The molecule has 5 heteroatoms. The predicted molar refractivity (Wildman–Crippen MR) is 95.8 cm³/mol. The summed E-state index contributed by atoms with van der Waals surface area (Å²) in [7, 11) is 0. The third kappa shape index (κ3) is 5.27. The van der Waals surface area contributed by atoms with Crippen molar-refractivity contribution in [1.29, 1.82) is 0 Å². The van der Waals surface area contributed by atoms with Crippen LogP contribution in [0.25, 0.3) is 0 Å². The van der Waals surface area contributed by atoms with Crippen LogP contribution >= 0.6 is 12.4 Å². The highest BCUT2D eigenvalue weighted by molar-refractivity contribution is 5.96. The Kier molecular flexibility index (Phi) is 7.07. The first-order valence-corrected chi connectivity index (χ1v) is 7.37. The van der Waals surface area contributed by atoms with Gasteiger partial charge in [0.2, 0.25) is 0 Å². The lowest BCUT2D eigenvalue weighted by atomic mass is 10.0. The van der Waals surface area contributed by atoms with E-state index >= 15 is 0 Å². The fourth-order valence-electron chi connectivity index (χ4n) is 2.39. The van der Waals surface area contributed by atoms with Crippen molar-refractivity contribution in [2.75, 3.05) is 5.73 Å². The van der Waals surface area contributed by atoms with Gasteiger partial charge in [-0.1, -0.05) is 36.4 Å². The van der Waals surface area contributed by atoms with Gasteiger partial charge in [0.15, 0.2) is 0 Å². The molecule has 0 bridgehead atoms. The van der Waals surface area contributed by atoms with Gasteiger partial charge in [-0.05, 0) is 43.5 Å². The average Bonchev–Trinajstić information content (AvgIpc) is 2.50. The molecule has 124 valence electrons. The first-order chi connectivity index (χ1) is 10.5. The molecular formula is C18H23ClN2O2. The van der Waals surface area contributed by atoms with Gasteiger partial charge in [0.1, 0.15) is 0 Å². The number of benzene rings is 2. The maximum absolute atomic E-state index is 12.3. The standard InChI is InChI=1S/C18H22N2O2.ClH/c1-12-8-9-15(19)11-16(12)18(22)20-13(2)10-17(21)14-6-4-3-5-7-14;/h3-9,11,13,17,21H,10,19H2,1-2H3,(H,20,22);1H. The number of amides is 1. The van der Waals surface area contributed by atoms with Gasteiger partial charge in [-0.2, -0.15) is 0 Å². The Hall–Kier alpha value is -2.04. The molecule has 2 aromatic carbocycles. The average molecular weight is 335 g/mol. The zero-order valence-corrected chi connectivity index (χ0v) is 14.1. The Morgan fingerprint density at radius 3 is 2.52 bits per heavy atom. The molecule has 2 aromatic rings. The molecule has 2 unspecified atom stereocenters. The quantitative estimate of drug-likeness (QED) is 0.735. The van der Waals surface area contributed by atoms with Gasteiger partial charge in [-0.15, -0.1) is 12.4 Å². The van der Waals surface area contributed by atoms with E-state index < -0.39 is 6.10 Å². The highest BCUT2D eigenvalue weighted by Crippen LogP contribution is 2.18. The summed E-state index contributed by atoms with van der Waals surface area (Å²) in [5.74, 6) is -0.169. The van der Waals surface area contributed by atoms with Crippen molar-refractivity contribution in [2.24, 2.45) is 0 Å². The van der Waals surface area contributed by atoms with Gasteiger partial charge in [-0.25, -0.2) is 0 Å². The summed E-state index contributed by atoms with van der Waals surface area (Å²) in [6, 6.07) is 14.6. The third-order valence-electron chi connectivity index (χ3n) is 3.64. The predicted octanol–water partition coefficient (Wildman–Crippen LogP) is 3.24. The summed E-state index contributed by atoms with van der Waals surface area (Å²) in [4.78, 5) is 12.3. The second-order valence-corrected chi connectivity index (χ2v) is 5.61. The van der Waals surface area contributed by atoms with Crippen LogP contribution in [0.3, 0.4) is 0 Å². The van der Waals surface area contributed by atoms with Crippen LogP contribution in [0, 0.1) is 6.92 Å². The molecule has 0 aliphatic heterocycles. The van der Waals surface area contributed by atoms with Crippen molar-refractivity contribution in [3.8, 4) is 0 Å². The van der Waals surface area contributed by atoms with Crippen molar-refractivity contribution >= 4 is 24.0 Å². The second-order valence-electron chi connectivity index (χ2n) is 5.61. The van der Waals surface area contributed by atoms with E-state index in [1.165, 1.54) is 0 Å². The number of carbonyl (C=O) groups is 1. The number of halogens is 1. The number of nitrogens with two attached hydrogens (primary N) is 1. The van der Waals surface area contributed by atoms with Crippen LogP contribution in [-0.4, -0.2) is 17.1 Å². The smallest absolute Gasteiger partial charge is 0.251 e. The van der Waals surface area contributed by atoms with Crippen LogP contribution in [0.5, 0.6) is 0 Å². The summed E-state index contributed by atoms with van der Waals surface area (Å²) in [5.41, 5.74) is 8.59. The normalized spacial score (nSPS) is 12.8. The Bertz CT molecular complexity index is 647. The minimum Gasteiger partial charge on any atom is -0.399 e. The SMILES string of the molecule is Cc1ccc(N)cc1C(=O)NC(C)CC(O)c1ccccc1.Cl. The number of anilines is 1. The van der Waals surface area contributed by atoms with Crippen molar-refractivity contribution in [1.82, 2.24) is 5.32 Å². The summed E-state index contributed by atoms with van der Waals surface area (Å²) in [6.45, 7) is 3.75. The Balaban J connectivity index is 0.00000264. The van der Waals surface area contributed by atoms with E-state index in [4.69, 9.17) is 5.73 Å². The van der Waals surface area contributed by atoms with E-state index in [2.05, 4.69) is 5.32 Å². The van der Waals surface area contributed by atoms with Crippen molar-refractivity contribution < 1.29 is 9.90 Å². The molecule has 0 aromatic heterocycles. The number of rotatable bonds is 5. The molecule has 2 rings (SSSR count). The number of nitrogen functional groups attached to an aromatic ring is 1. The monoisotopic (exact) mass is 334 g/mol. The van der Waals surface area contributed by atoms with Crippen LogP contribution in [-0.2, 0) is 0 Å². The largest absolute Gasteiger partial charge is 0.399 e. The topological polar surface area (TPSA) is 75.4 Å². The second kappa shape index (κ2) is 8.56. The molecule has 0 radical (unpaired) electrons. The fourth-order valence-corrected chi connectivity index (χ4v) is 2.39. The van der Waals surface area contributed by atoms with E-state index in [9.17, 15) is 9.90 Å². The molecule has 4 nitrogen and oxygen atoms in total. The lowest BCUT2D eigenvalue weighted by molar-refractivity contribution is 0.0916. The summed E-state index contributed by atoms with van der Waals surface area (Å²) in [6.07, 6.45) is -0.143. The summed E-state index contributed by atoms with van der Waals surface area (Å²) >= 11 is 0. The zero-order chi connectivity index (χ0) is 16.1. The van der Waals surface area contributed by atoms with Gasteiger partial charge in [-0.3, -0.25) is 4.79 Å². The van der Waals surface area contributed by atoms with Crippen LogP contribution in [0.15, 0.2) is 48.5 Å². The minimum absolute atomic E-state index is 0. The van der Waals surface area contributed by atoms with E-state index in [0.29, 0.717) is 17.7 Å². The van der Waals surface area contributed by atoms with E-state index in [-0.39, 0.29) is 24.4 Å². The molecule has 0 saturated heterocycles. The molecule has 23 heavy (non-hydrogen) atoms. The molecule has 4 N–H and O–H groups in total. The fraction of sp³-hybridized carbons (Fsp3) is 0.278. The molecule has 0 heterocycles. The molecule has 1 amide bonds. The Morgan fingerprint density at radius 1 is 1.22 bits per heavy atom. The van der Waals surface area contributed by atoms with Gasteiger partial charge in [0, 0.05) is 17.3 Å². The van der Waals surface area contributed by atoms with Gasteiger partial charge in [0.25, 0.3) is 5.91 Å². The molecule has 0 spiro atoms. The van der Waals surface area contributed by atoms with Crippen LogP contribution in [0.1, 0.15) is 40.9 Å². The third-order valence-corrected chi connectivity index (χ3v) is 3.64. The molecule has 2 atom stereocenters. The van der Waals surface area contributed by atoms with Gasteiger partial charge < -0.3 is 16.2 Å². The lowest BCUT2D eigenvalue weighted by Crippen LogP contribution is -2.34. The van der Waals surface area contributed by atoms with Gasteiger partial charge in [0.05, 0.1) is 6.10 Å². The van der Waals surface area contributed by atoms with Crippen molar-refractivity contribution in [3.63, 3.8) is 0 Å².